The molecule has 10 heteroatoms. The summed E-state index contributed by atoms with van der Waals surface area (Å²) < 4.78 is 56.2. The summed E-state index contributed by atoms with van der Waals surface area (Å²) in [5.74, 6) is 5.18. The Bertz CT molecular complexity index is 1440. The van der Waals surface area contributed by atoms with E-state index < -0.39 is 32.4 Å². The van der Waals surface area contributed by atoms with Gasteiger partial charge < -0.3 is 0 Å². The fraction of sp³-hybridized carbons (Fsp3) is 0.448. The van der Waals surface area contributed by atoms with Crippen LogP contribution in [0.5, 0.6) is 0 Å². The molecule has 2 aromatic rings. The zero-order valence-electron chi connectivity index (χ0n) is 22.8. The predicted molar refractivity (Wildman–Crippen MR) is 153 cm³/mol. The molecular formula is C29H36N2O6S2. The van der Waals surface area contributed by atoms with Crippen molar-refractivity contribution in [1.82, 2.24) is 9.80 Å². The van der Waals surface area contributed by atoms with E-state index in [0.717, 1.165) is 35.6 Å². The minimum atomic E-state index is -3.49. The molecule has 0 saturated carbocycles. The maximum Gasteiger partial charge on any atom is 0.264 e. The van der Waals surface area contributed by atoms with Crippen LogP contribution in [0.25, 0.3) is 0 Å². The molecule has 0 bridgehead atoms. The van der Waals surface area contributed by atoms with Crippen molar-refractivity contribution in [2.24, 2.45) is 0 Å². The van der Waals surface area contributed by atoms with Crippen molar-refractivity contribution in [3.8, 4) is 24.7 Å². The lowest BCUT2D eigenvalue weighted by Gasteiger charge is -2.37. The van der Waals surface area contributed by atoms with Crippen LogP contribution in [0.1, 0.15) is 40.8 Å². The van der Waals surface area contributed by atoms with E-state index in [1.807, 2.05) is 66.4 Å². The molecule has 0 aliphatic heterocycles. The number of nitrogens with zero attached hydrogens (tertiary/aromatic N) is 2. The van der Waals surface area contributed by atoms with Gasteiger partial charge in [-0.15, -0.1) is 12.8 Å². The summed E-state index contributed by atoms with van der Waals surface area (Å²) in [7, 11) is -3.20. The second kappa shape index (κ2) is 13.1. The van der Waals surface area contributed by atoms with E-state index in [-0.39, 0.29) is 12.1 Å². The first-order chi connectivity index (χ1) is 18.3. The Morgan fingerprint density at radius 3 is 1.72 bits per heavy atom. The largest absolute Gasteiger partial charge is 0.286 e. The minimum Gasteiger partial charge on any atom is -0.286 e. The van der Waals surface area contributed by atoms with Crippen molar-refractivity contribution in [3.05, 3.63) is 70.8 Å². The number of benzene rings is 2. The molecule has 0 radical (unpaired) electrons. The van der Waals surface area contributed by atoms with Crippen LogP contribution in [-0.2, 0) is 41.4 Å². The van der Waals surface area contributed by atoms with Crippen LogP contribution in [0.15, 0.2) is 48.5 Å². The number of rotatable bonds is 8. The number of terminal acetylenes is 2. The highest BCUT2D eigenvalue weighted by Crippen LogP contribution is 2.38. The quantitative estimate of drug-likeness (QED) is 0.352. The molecule has 2 aliphatic rings. The Hall–Kier alpha value is -2.70. The van der Waals surface area contributed by atoms with Gasteiger partial charge in [-0.3, -0.25) is 18.2 Å². The maximum absolute atomic E-state index is 11.5. The topological polar surface area (TPSA) is 93.2 Å². The van der Waals surface area contributed by atoms with Gasteiger partial charge in [-0.05, 0) is 49.2 Å². The van der Waals surface area contributed by atoms with Gasteiger partial charge in [0, 0.05) is 6.42 Å². The number of likely N-dealkylation sites (N-methyl/N-ethyl adjacent to an activating group) is 2. The smallest absolute Gasteiger partial charge is 0.264 e. The highest BCUT2D eigenvalue weighted by atomic mass is 32.2. The van der Waals surface area contributed by atoms with Gasteiger partial charge in [0.1, 0.15) is 6.10 Å². The second-order valence-electron chi connectivity index (χ2n) is 9.95. The highest BCUT2D eigenvalue weighted by molar-refractivity contribution is 7.86. The Morgan fingerprint density at radius 2 is 1.21 bits per heavy atom. The maximum atomic E-state index is 11.5. The third-order valence-electron chi connectivity index (χ3n) is 6.80. The molecule has 0 amide bonds. The lowest BCUT2D eigenvalue weighted by atomic mass is 9.85. The molecule has 0 fully saturated rings. The molecule has 0 heterocycles. The molecule has 39 heavy (non-hydrogen) atoms. The van der Waals surface area contributed by atoms with E-state index >= 15 is 0 Å². The number of fused-ring (bicyclic) bond motifs is 2. The summed E-state index contributed by atoms with van der Waals surface area (Å²) in [4.78, 5) is 3.91. The minimum absolute atomic E-state index is 0.123. The zero-order chi connectivity index (χ0) is 28.8. The summed E-state index contributed by atoms with van der Waals surface area (Å²) in [6.07, 6.45) is 14.2. The number of aryl methyl sites for hydroxylation is 1. The van der Waals surface area contributed by atoms with E-state index in [2.05, 4.69) is 17.9 Å². The molecule has 4 unspecified atom stereocenters. The van der Waals surface area contributed by atoms with Crippen LogP contribution < -0.4 is 0 Å². The van der Waals surface area contributed by atoms with Gasteiger partial charge in [-0.2, -0.15) is 16.8 Å². The fourth-order valence-electron chi connectivity index (χ4n) is 5.41. The Morgan fingerprint density at radius 1 is 0.769 bits per heavy atom. The van der Waals surface area contributed by atoms with Crippen LogP contribution in [0, 0.1) is 24.7 Å². The zero-order valence-corrected chi connectivity index (χ0v) is 24.4. The number of hydrogen-bond acceptors (Lipinski definition) is 8. The molecule has 4 atom stereocenters. The summed E-state index contributed by atoms with van der Waals surface area (Å²) in [6.45, 7) is 0.894. The van der Waals surface area contributed by atoms with Gasteiger partial charge in [-0.25, -0.2) is 0 Å². The van der Waals surface area contributed by atoms with E-state index in [4.69, 9.17) is 21.2 Å². The van der Waals surface area contributed by atoms with Gasteiger partial charge >= 0.3 is 0 Å². The summed E-state index contributed by atoms with van der Waals surface area (Å²) >= 11 is 0. The van der Waals surface area contributed by atoms with Crippen molar-refractivity contribution < 1.29 is 25.2 Å². The molecule has 210 valence electrons. The van der Waals surface area contributed by atoms with Gasteiger partial charge in [0.2, 0.25) is 0 Å². The Labute approximate surface area is 233 Å². The average Bonchev–Trinajstić information content (AvgIpc) is 3.20. The second-order valence-corrected chi connectivity index (χ2v) is 13.1. The SMILES string of the molecule is C#CCN(C)C1c2ccccc2CC1OS(C)(=O)=O.C#CCN(C)C1c2ccccc2CCC1OS(C)(=O)=O. The van der Waals surface area contributed by atoms with Crippen molar-refractivity contribution in [3.63, 3.8) is 0 Å². The molecule has 0 saturated heterocycles. The summed E-state index contributed by atoms with van der Waals surface area (Å²) in [5, 5.41) is 0. The van der Waals surface area contributed by atoms with E-state index in [1.54, 1.807) is 0 Å². The first-order valence-electron chi connectivity index (χ1n) is 12.5. The van der Waals surface area contributed by atoms with Gasteiger partial charge in [0.25, 0.3) is 20.2 Å². The van der Waals surface area contributed by atoms with Crippen LogP contribution in [0.3, 0.4) is 0 Å². The van der Waals surface area contributed by atoms with Crippen molar-refractivity contribution in [1.29, 1.82) is 0 Å². The first-order valence-corrected chi connectivity index (χ1v) is 16.2. The Kier molecular flexibility index (Phi) is 10.4. The Balaban J connectivity index is 0.000000216. The summed E-state index contributed by atoms with van der Waals surface area (Å²) in [6, 6.07) is 15.7. The molecular weight excluding hydrogens is 536 g/mol. The van der Waals surface area contributed by atoms with Crippen LogP contribution in [-0.4, -0.2) is 78.5 Å². The monoisotopic (exact) mass is 572 g/mol. The molecule has 0 aromatic heterocycles. The first kappa shape index (κ1) is 30.8. The van der Waals surface area contributed by atoms with E-state index in [0.29, 0.717) is 25.9 Å². The summed E-state index contributed by atoms with van der Waals surface area (Å²) in [5.41, 5.74) is 4.54. The van der Waals surface area contributed by atoms with Crippen molar-refractivity contribution in [2.45, 2.75) is 43.6 Å². The molecule has 8 nitrogen and oxygen atoms in total. The highest BCUT2D eigenvalue weighted by Gasteiger charge is 2.38. The van der Waals surface area contributed by atoms with Crippen molar-refractivity contribution in [2.75, 3.05) is 39.7 Å². The van der Waals surface area contributed by atoms with E-state index in [1.165, 1.54) is 5.56 Å². The van der Waals surface area contributed by atoms with Crippen LogP contribution >= 0.6 is 0 Å². The average molecular weight is 573 g/mol. The molecule has 0 N–H and O–H groups in total. The third kappa shape index (κ3) is 8.39. The van der Waals surface area contributed by atoms with Crippen molar-refractivity contribution >= 4 is 20.2 Å². The van der Waals surface area contributed by atoms with Gasteiger partial charge in [0.05, 0.1) is 43.8 Å². The normalized spacial score (nSPS) is 22.3. The van der Waals surface area contributed by atoms with Gasteiger partial charge in [0.15, 0.2) is 0 Å². The number of hydrogen-bond donors (Lipinski definition) is 0. The fourth-order valence-corrected chi connectivity index (χ4v) is 6.68. The molecule has 4 rings (SSSR count). The molecule has 2 aliphatic carbocycles. The third-order valence-corrected chi connectivity index (χ3v) is 7.99. The molecule has 2 aromatic carbocycles. The lowest BCUT2D eigenvalue weighted by molar-refractivity contribution is 0.0812. The van der Waals surface area contributed by atoms with Crippen LogP contribution in [0.2, 0.25) is 0 Å². The standard InChI is InChI=1S/C15H19NO3S.C14H17NO3S/c1-4-11-16(2)15-13-8-6-5-7-12(13)9-10-14(15)19-20(3,17)18;1-4-9-15(2)14-12-8-6-5-7-11(12)10-13(14)18-19(3,16)17/h1,5-8,14-15H,9-11H2,2-3H3;1,5-8,13-14H,9-10H2,2-3H3. The molecule has 0 spiro atoms. The van der Waals surface area contributed by atoms with Gasteiger partial charge in [-0.1, -0.05) is 60.4 Å². The van der Waals surface area contributed by atoms with E-state index in [9.17, 15) is 16.8 Å². The lowest BCUT2D eigenvalue weighted by Crippen LogP contribution is -2.40. The predicted octanol–water partition coefficient (Wildman–Crippen LogP) is 2.78. The van der Waals surface area contributed by atoms with Crippen LogP contribution in [0.4, 0.5) is 0 Å².